The van der Waals surface area contributed by atoms with Crippen LogP contribution in [0.15, 0.2) is 34.9 Å². The second kappa shape index (κ2) is 6.07. The quantitative estimate of drug-likeness (QED) is 0.907. The van der Waals surface area contributed by atoms with E-state index in [0.717, 1.165) is 15.0 Å². The fraction of sp³-hybridized carbons (Fsp3) is 0.308. The van der Waals surface area contributed by atoms with E-state index in [-0.39, 0.29) is 11.9 Å². The summed E-state index contributed by atoms with van der Waals surface area (Å²) in [6, 6.07) is 7.46. The van der Waals surface area contributed by atoms with Crippen LogP contribution in [0.1, 0.15) is 30.0 Å². The third kappa shape index (κ3) is 3.62. The zero-order chi connectivity index (χ0) is 13.0. The molecule has 18 heavy (non-hydrogen) atoms. The second-order valence-corrected chi connectivity index (χ2v) is 5.76. The van der Waals surface area contributed by atoms with Crippen molar-refractivity contribution >= 4 is 28.8 Å². The number of halogens is 1. The SMILES string of the molecule is C[C@@H](NC(=O)CCc1ccco1)c1ccc(Cl)s1. The van der Waals surface area contributed by atoms with Crippen LogP contribution >= 0.6 is 22.9 Å². The van der Waals surface area contributed by atoms with Gasteiger partial charge in [-0.3, -0.25) is 4.79 Å². The summed E-state index contributed by atoms with van der Waals surface area (Å²) in [5.74, 6) is 0.848. The highest BCUT2D eigenvalue weighted by Gasteiger charge is 2.11. The zero-order valence-electron chi connectivity index (χ0n) is 9.98. The van der Waals surface area contributed by atoms with Gasteiger partial charge in [0, 0.05) is 17.7 Å². The maximum absolute atomic E-state index is 11.7. The van der Waals surface area contributed by atoms with Crippen molar-refractivity contribution in [1.29, 1.82) is 0 Å². The van der Waals surface area contributed by atoms with Crippen LogP contribution in [-0.2, 0) is 11.2 Å². The fourth-order valence-corrected chi connectivity index (χ4v) is 2.70. The van der Waals surface area contributed by atoms with E-state index in [9.17, 15) is 4.79 Å². The molecule has 0 aliphatic heterocycles. The molecule has 0 saturated carbocycles. The Morgan fingerprint density at radius 3 is 2.94 bits per heavy atom. The minimum atomic E-state index is -0.00778. The van der Waals surface area contributed by atoms with Crippen molar-refractivity contribution < 1.29 is 9.21 Å². The van der Waals surface area contributed by atoms with Gasteiger partial charge < -0.3 is 9.73 Å². The van der Waals surface area contributed by atoms with E-state index in [0.29, 0.717) is 12.8 Å². The van der Waals surface area contributed by atoms with Crippen molar-refractivity contribution in [3.05, 3.63) is 45.5 Å². The van der Waals surface area contributed by atoms with E-state index in [1.165, 1.54) is 11.3 Å². The van der Waals surface area contributed by atoms with Gasteiger partial charge in [-0.25, -0.2) is 0 Å². The van der Waals surface area contributed by atoms with Crippen molar-refractivity contribution in [3.8, 4) is 0 Å². The molecule has 0 radical (unpaired) electrons. The number of thiophene rings is 1. The van der Waals surface area contributed by atoms with Crippen molar-refractivity contribution in [1.82, 2.24) is 5.32 Å². The largest absolute Gasteiger partial charge is 0.469 e. The Labute approximate surface area is 115 Å². The summed E-state index contributed by atoms with van der Waals surface area (Å²) in [7, 11) is 0. The highest BCUT2D eigenvalue weighted by Crippen LogP contribution is 2.26. The summed E-state index contributed by atoms with van der Waals surface area (Å²) >= 11 is 7.35. The number of carbonyl (C=O) groups excluding carboxylic acids is 1. The Kier molecular flexibility index (Phi) is 4.44. The first-order valence-corrected chi connectivity index (χ1v) is 6.91. The Hall–Kier alpha value is -1.26. The topological polar surface area (TPSA) is 42.2 Å². The van der Waals surface area contributed by atoms with Crippen LogP contribution in [0.3, 0.4) is 0 Å². The molecule has 0 spiro atoms. The minimum absolute atomic E-state index is 0.00778. The van der Waals surface area contributed by atoms with Crippen LogP contribution in [0.4, 0.5) is 0 Å². The molecule has 0 unspecified atom stereocenters. The van der Waals surface area contributed by atoms with Crippen LogP contribution in [0.25, 0.3) is 0 Å². The van der Waals surface area contributed by atoms with E-state index >= 15 is 0 Å². The summed E-state index contributed by atoms with van der Waals surface area (Å²) in [5, 5.41) is 2.94. The predicted molar refractivity (Wildman–Crippen MR) is 72.9 cm³/mol. The average Bonchev–Trinajstić information content (AvgIpc) is 2.97. The number of aryl methyl sites for hydroxylation is 1. The van der Waals surface area contributed by atoms with Crippen molar-refractivity contribution in [3.63, 3.8) is 0 Å². The lowest BCUT2D eigenvalue weighted by molar-refractivity contribution is -0.121. The van der Waals surface area contributed by atoms with E-state index < -0.39 is 0 Å². The summed E-state index contributed by atoms with van der Waals surface area (Å²) in [4.78, 5) is 12.8. The molecule has 2 rings (SSSR count). The normalized spacial score (nSPS) is 12.3. The lowest BCUT2D eigenvalue weighted by Gasteiger charge is -2.11. The lowest BCUT2D eigenvalue weighted by atomic mass is 10.2. The maximum atomic E-state index is 11.7. The lowest BCUT2D eigenvalue weighted by Crippen LogP contribution is -2.26. The maximum Gasteiger partial charge on any atom is 0.220 e. The van der Waals surface area contributed by atoms with E-state index in [2.05, 4.69) is 5.32 Å². The predicted octanol–water partition coefficient (Wildman–Crippen LogP) is 3.80. The summed E-state index contributed by atoms with van der Waals surface area (Å²) in [6.45, 7) is 1.95. The number of hydrogen-bond acceptors (Lipinski definition) is 3. The van der Waals surface area contributed by atoms with E-state index in [1.54, 1.807) is 6.26 Å². The van der Waals surface area contributed by atoms with Gasteiger partial charge in [0.1, 0.15) is 5.76 Å². The smallest absolute Gasteiger partial charge is 0.220 e. The zero-order valence-corrected chi connectivity index (χ0v) is 11.6. The van der Waals surface area contributed by atoms with Gasteiger partial charge in [0.25, 0.3) is 0 Å². The molecule has 5 heteroatoms. The summed E-state index contributed by atoms with van der Waals surface area (Å²) in [5.41, 5.74) is 0. The van der Waals surface area contributed by atoms with Crippen LogP contribution < -0.4 is 5.32 Å². The molecule has 1 atom stereocenters. The molecule has 96 valence electrons. The molecular formula is C13H14ClNO2S. The molecule has 0 bridgehead atoms. The molecule has 0 fully saturated rings. The van der Waals surface area contributed by atoms with Crippen LogP contribution in [-0.4, -0.2) is 5.91 Å². The standard InChI is InChI=1S/C13H14ClNO2S/c1-9(11-5-6-12(14)18-11)15-13(16)7-4-10-3-2-8-17-10/h2-3,5-6,8-9H,4,7H2,1H3,(H,15,16)/t9-/m1/s1. The van der Waals surface area contributed by atoms with Gasteiger partial charge >= 0.3 is 0 Å². The molecule has 0 aromatic carbocycles. The molecule has 1 N–H and O–H groups in total. The fourth-order valence-electron chi connectivity index (χ4n) is 1.64. The van der Waals surface area contributed by atoms with Crippen LogP contribution in [0, 0.1) is 0 Å². The number of rotatable bonds is 5. The molecule has 3 nitrogen and oxygen atoms in total. The monoisotopic (exact) mass is 283 g/mol. The van der Waals surface area contributed by atoms with Gasteiger partial charge in [0.05, 0.1) is 16.6 Å². The van der Waals surface area contributed by atoms with Gasteiger partial charge in [0.2, 0.25) is 5.91 Å². The van der Waals surface area contributed by atoms with Gasteiger partial charge in [0.15, 0.2) is 0 Å². The molecule has 0 aliphatic carbocycles. The van der Waals surface area contributed by atoms with Gasteiger partial charge in [-0.15, -0.1) is 11.3 Å². The highest BCUT2D eigenvalue weighted by atomic mass is 35.5. The first-order chi connectivity index (χ1) is 8.65. The van der Waals surface area contributed by atoms with Gasteiger partial charge in [-0.05, 0) is 31.2 Å². The van der Waals surface area contributed by atoms with Crippen LogP contribution in [0.2, 0.25) is 4.34 Å². The summed E-state index contributed by atoms with van der Waals surface area (Å²) < 4.78 is 5.92. The minimum Gasteiger partial charge on any atom is -0.469 e. The Morgan fingerprint density at radius 1 is 1.50 bits per heavy atom. The Balaban J connectivity index is 1.80. The van der Waals surface area contributed by atoms with Crippen LogP contribution in [0.5, 0.6) is 0 Å². The van der Waals surface area contributed by atoms with Crippen molar-refractivity contribution in [2.45, 2.75) is 25.8 Å². The number of furan rings is 1. The number of carbonyl (C=O) groups is 1. The third-order valence-corrected chi connectivity index (χ3v) is 3.99. The highest BCUT2D eigenvalue weighted by molar-refractivity contribution is 7.16. The molecular weight excluding hydrogens is 270 g/mol. The van der Waals surface area contributed by atoms with Crippen molar-refractivity contribution in [2.75, 3.05) is 0 Å². The second-order valence-electron chi connectivity index (χ2n) is 4.01. The molecule has 0 saturated heterocycles. The first kappa shape index (κ1) is 13.2. The van der Waals surface area contributed by atoms with Gasteiger partial charge in [-0.1, -0.05) is 11.6 Å². The molecule has 2 aromatic rings. The Morgan fingerprint density at radius 2 is 2.33 bits per heavy atom. The molecule has 2 heterocycles. The molecule has 0 aliphatic rings. The Bertz CT molecular complexity index is 507. The van der Waals surface area contributed by atoms with E-state index in [1.807, 2.05) is 31.2 Å². The van der Waals surface area contributed by atoms with Crippen molar-refractivity contribution in [2.24, 2.45) is 0 Å². The summed E-state index contributed by atoms with van der Waals surface area (Å²) in [6.07, 6.45) is 2.66. The number of hydrogen-bond donors (Lipinski definition) is 1. The number of nitrogens with one attached hydrogen (secondary N) is 1. The first-order valence-electron chi connectivity index (χ1n) is 5.72. The van der Waals surface area contributed by atoms with E-state index in [4.69, 9.17) is 16.0 Å². The average molecular weight is 284 g/mol. The third-order valence-electron chi connectivity index (χ3n) is 2.58. The molecule has 2 aromatic heterocycles. The van der Waals surface area contributed by atoms with Gasteiger partial charge in [-0.2, -0.15) is 0 Å². The number of amides is 1. The molecule has 1 amide bonds.